The van der Waals surface area contributed by atoms with Crippen LogP contribution in [-0.4, -0.2) is 55.6 Å². The van der Waals surface area contributed by atoms with E-state index in [4.69, 9.17) is 27.9 Å². The summed E-state index contributed by atoms with van der Waals surface area (Å²) in [5.74, 6) is -0.0947. The average molecular weight is 521 g/mol. The number of carbonyl (C=O) groups excluding carboxylic acids is 1. The van der Waals surface area contributed by atoms with E-state index in [2.05, 4.69) is 20.4 Å². The lowest BCUT2D eigenvalue weighted by Crippen LogP contribution is -2.46. The number of nitrogens with one attached hydrogen (secondary N) is 1. The Bertz CT molecular complexity index is 1270. The van der Waals surface area contributed by atoms with Gasteiger partial charge in [-0.25, -0.2) is 23.8 Å². The first kappa shape index (κ1) is 24.1. The minimum atomic E-state index is -1.28. The smallest absolute Gasteiger partial charge is 0.410 e. The van der Waals surface area contributed by atoms with Gasteiger partial charge in [0.25, 0.3) is 0 Å². The van der Waals surface area contributed by atoms with Crippen molar-refractivity contribution < 1.29 is 13.9 Å². The number of anilines is 2. The van der Waals surface area contributed by atoms with Crippen molar-refractivity contribution in [1.82, 2.24) is 24.6 Å². The summed E-state index contributed by atoms with van der Waals surface area (Å²) in [6.45, 7) is 5.70. The molecule has 1 amide bonds. The monoisotopic (exact) mass is 520 g/mol. The number of amides is 1. The second kappa shape index (κ2) is 9.09. The van der Waals surface area contributed by atoms with E-state index >= 15 is 4.39 Å². The van der Waals surface area contributed by atoms with E-state index in [-0.39, 0.29) is 6.54 Å². The van der Waals surface area contributed by atoms with Crippen LogP contribution in [0.5, 0.6) is 0 Å². The molecule has 1 saturated heterocycles. The molecule has 11 heteroatoms. The normalized spacial score (nSPS) is 20.8. The van der Waals surface area contributed by atoms with Crippen LogP contribution in [0.3, 0.4) is 0 Å². The predicted molar refractivity (Wildman–Crippen MR) is 133 cm³/mol. The highest BCUT2D eigenvalue weighted by molar-refractivity contribution is 6.32. The van der Waals surface area contributed by atoms with Gasteiger partial charge in [-0.1, -0.05) is 23.2 Å². The average Bonchev–Trinajstić information content (AvgIpc) is 3.56. The van der Waals surface area contributed by atoms with Crippen molar-refractivity contribution in [3.63, 3.8) is 0 Å². The number of rotatable bonds is 4. The molecular weight excluding hydrogens is 494 g/mol. The number of benzene rings is 1. The van der Waals surface area contributed by atoms with E-state index in [1.54, 1.807) is 50.0 Å². The van der Waals surface area contributed by atoms with Crippen molar-refractivity contribution in [2.75, 3.05) is 18.4 Å². The first-order valence-electron chi connectivity index (χ1n) is 11.7. The zero-order chi connectivity index (χ0) is 24.9. The van der Waals surface area contributed by atoms with E-state index in [1.807, 2.05) is 0 Å². The highest BCUT2D eigenvalue weighted by Gasteiger charge is 2.35. The molecule has 0 radical (unpaired) electrons. The highest BCUT2D eigenvalue weighted by Crippen LogP contribution is 2.40. The van der Waals surface area contributed by atoms with Crippen LogP contribution in [0.4, 0.5) is 20.8 Å². The zero-order valence-corrected chi connectivity index (χ0v) is 21.3. The Balaban J connectivity index is 1.35. The van der Waals surface area contributed by atoms with Gasteiger partial charge in [0.05, 0.1) is 30.0 Å². The summed E-state index contributed by atoms with van der Waals surface area (Å²) < 4.78 is 22.5. The Hall–Kier alpha value is -2.65. The van der Waals surface area contributed by atoms with Crippen LogP contribution in [-0.2, 0) is 4.74 Å². The van der Waals surface area contributed by atoms with Gasteiger partial charge in [0.1, 0.15) is 11.8 Å². The molecule has 2 atom stereocenters. The third kappa shape index (κ3) is 5.16. The predicted octanol–water partition coefficient (Wildman–Crippen LogP) is 6.27. The van der Waals surface area contributed by atoms with Crippen molar-refractivity contribution in [2.24, 2.45) is 0 Å². The molecular formula is C24H27Cl2FN6O2. The summed E-state index contributed by atoms with van der Waals surface area (Å²) >= 11 is 13.0. The molecule has 35 heavy (non-hydrogen) atoms. The van der Waals surface area contributed by atoms with Crippen molar-refractivity contribution in [2.45, 2.75) is 63.8 Å². The largest absolute Gasteiger partial charge is 0.444 e. The lowest BCUT2D eigenvalue weighted by atomic mass is 9.87. The molecule has 1 aromatic carbocycles. The molecule has 2 fully saturated rings. The third-order valence-electron chi connectivity index (χ3n) is 6.16. The minimum Gasteiger partial charge on any atom is -0.444 e. The van der Waals surface area contributed by atoms with Crippen LogP contribution in [0.15, 0.2) is 24.5 Å². The standard InChI is InChI=1S/C24H27Cl2FN6O2/c1-24(2,3)35-23(34)32-7-6-15(18(27)12-32)16-9-19-13(8-17(16)25)10-28-22(30-19)31-20-11-29-33(21(20)26)14-4-5-14/h8-11,14-15,18H,4-7,12H2,1-3H3,(H,28,30,31)/t15-,18+/m1/s1. The molecule has 0 unspecified atom stereocenters. The van der Waals surface area contributed by atoms with Gasteiger partial charge in [0.2, 0.25) is 5.95 Å². The van der Waals surface area contributed by atoms with Crippen molar-refractivity contribution >= 4 is 51.8 Å². The van der Waals surface area contributed by atoms with E-state index in [9.17, 15) is 4.79 Å². The Labute approximate surface area is 212 Å². The third-order valence-corrected chi connectivity index (χ3v) is 6.87. The maximum Gasteiger partial charge on any atom is 0.410 e. The van der Waals surface area contributed by atoms with Crippen LogP contribution in [0.2, 0.25) is 10.2 Å². The Kier molecular flexibility index (Phi) is 6.25. The molecule has 5 rings (SSSR count). The summed E-state index contributed by atoms with van der Waals surface area (Å²) in [5, 5.41) is 9.18. The van der Waals surface area contributed by atoms with Gasteiger partial charge in [-0.15, -0.1) is 0 Å². The summed E-state index contributed by atoms with van der Waals surface area (Å²) in [4.78, 5) is 22.7. The van der Waals surface area contributed by atoms with Gasteiger partial charge in [-0.05, 0) is 57.7 Å². The first-order valence-corrected chi connectivity index (χ1v) is 12.4. The number of alkyl halides is 1. The molecule has 3 aromatic rings. The molecule has 186 valence electrons. The number of halogens is 3. The van der Waals surface area contributed by atoms with Crippen LogP contribution < -0.4 is 5.32 Å². The van der Waals surface area contributed by atoms with Gasteiger partial charge in [-0.3, -0.25) is 0 Å². The number of piperidine rings is 1. The number of fused-ring (bicyclic) bond motifs is 1. The Morgan fingerprint density at radius 3 is 2.66 bits per heavy atom. The molecule has 0 bridgehead atoms. The molecule has 0 spiro atoms. The van der Waals surface area contributed by atoms with Crippen molar-refractivity contribution in [3.05, 3.63) is 40.3 Å². The van der Waals surface area contributed by atoms with E-state index in [1.165, 1.54) is 4.90 Å². The SMILES string of the molecule is CC(C)(C)OC(=O)N1CC[C@H](c2cc3nc(Nc4cnn(C5CC5)c4Cl)ncc3cc2Cl)[C@@H](F)C1. The quantitative estimate of drug-likeness (QED) is 0.436. The molecule has 2 aromatic heterocycles. The Morgan fingerprint density at radius 1 is 1.20 bits per heavy atom. The lowest BCUT2D eigenvalue weighted by Gasteiger charge is -2.36. The van der Waals surface area contributed by atoms with Crippen LogP contribution in [0.25, 0.3) is 10.9 Å². The van der Waals surface area contributed by atoms with Crippen LogP contribution >= 0.6 is 23.2 Å². The van der Waals surface area contributed by atoms with Crippen molar-refractivity contribution in [3.8, 4) is 0 Å². The Morgan fingerprint density at radius 2 is 1.97 bits per heavy atom. The lowest BCUT2D eigenvalue weighted by molar-refractivity contribution is 0.0111. The van der Waals surface area contributed by atoms with Gasteiger partial charge in [0.15, 0.2) is 5.15 Å². The molecule has 1 aliphatic carbocycles. The summed E-state index contributed by atoms with van der Waals surface area (Å²) in [5.41, 5.74) is 1.30. The zero-order valence-electron chi connectivity index (χ0n) is 19.8. The summed E-state index contributed by atoms with van der Waals surface area (Å²) in [7, 11) is 0. The fourth-order valence-corrected chi connectivity index (χ4v) is 4.87. The van der Waals surface area contributed by atoms with Gasteiger partial charge < -0.3 is 15.0 Å². The number of ether oxygens (including phenoxy) is 1. The van der Waals surface area contributed by atoms with E-state index in [0.29, 0.717) is 51.9 Å². The van der Waals surface area contributed by atoms with Gasteiger partial charge >= 0.3 is 6.09 Å². The molecule has 1 saturated carbocycles. The number of likely N-dealkylation sites (tertiary alicyclic amines) is 1. The van der Waals surface area contributed by atoms with Crippen LogP contribution in [0.1, 0.15) is 57.6 Å². The fraction of sp³-hybridized carbons (Fsp3) is 0.500. The number of hydrogen-bond donors (Lipinski definition) is 1. The van der Waals surface area contributed by atoms with Gasteiger partial charge in [0, 0.05) is 29.1 Å². The molecule has 3 heterocycles. The summed E-state index contributed by atoms with van der Waals surface area (Å²) in [6, 6.07) is 3.91. The number of aromatic nitrogens is 4. The topological polar surface area (TPSA) is 85.2 Å². The van der Waals surface area contributed by atoms with E-state index in [0.717, 1.165) is 18.2 Å². The molecule has 2 aliphatic rings. The number of hydrogen-bond acceptors (Lipinski definition) is 6. The second-order valence-electron chi connectivity index (χ2n) is 10.1. The molecule has 8 nitrogen and oxygen atoms in total. The maximum absolute atomic E-state index is 15.3. The highest BCUT2D eigenvalue weighted by atomic mass is 35.5. The number of nitrogens with zero attached hydrogens (tertiary/aromatic N) is 5. The van der Waals surface area contributed by atoms with Crippen LogP contribution in [0, 0.1) is 0 Å². The fourth-order valence-electron chi connectivity index (χ4n) is 4.28. The maximum atomic E-state index is 15.3. The summed E-state index contributed by atoms with van der Waals surface area (Å²) in [6.07, 6.45) is 4.11. The van der Waals surface area contributed by atoms with Crippen molar-refractivity contribution in [1.29, 1.82) is 0 Å². The minimum absolute atomic E-state index is 0.0476. The number of carbonyl (C=O) groups is 1. The molecule has 1 aliphatic heterocycles. The van der Waals surface area contributed by atoms with Gasteiger partial charge in [-0.2, -0.15) is 5.10 Å². The van der Waals surface area contributed by atoms with E-state index < -0.39 is 23.8 Å². The second-order valence-corrected chi connectivity index (χ2v) is 10.9. The first-order chi connectivity index (χ1) is 16.6. The molecule has 1 N–H and O–H groups in total.